The number of esters is 1. The highest BCUT2D eigenvalue weighted by molar-refractivity contribution is 5.75. The highest BCUT2D eigenvalue weighted by Crippen LogP contribution is 2.45. The first-order valence-corrected chi connectivity index (χ1v) is 8.69. The van der Waals surface area contributed by atoms with Crippen LogP contribution in [0.4, 0.5) is 0 Å². The molecule has 3 aliphatic carbocycles. The van der Waals surface area contributed by atoms with Gasteiger partial charge in [-0.15, -0.1) is 0 Å². The van der Waals surface area contributed by atoms with Gasteiger partial charge in [0.05, 0.1) is 17.9 Å². The summed E-state index contributed by atoms with van der Waals surface area (Å²) >= 11 is 0. The normalized spacial score (nSPS) is 28.8. The third-order valence-corrected chi connectivity index (χ3v) is 5.38. The minimum absolute atomic E-state index is 0.0622. The van der Waals surface area contributed by atoms with E-state index in [2.05, 4.69) is 6.08 Å². The number of fused-ring (bicyclic) bond motifs is 2. The van der Waals surface area contributed by atoms with E-state index in [1.165, 1.54) is 0 Å². The Kier molecular flexibility index (Phi) is 6.40. The van der Waals surface area contributed by atoms with E-state index in [1.54, 1.807) is 0 Å². The van der Waals surface area contributed by atoms with Crippen molar-refractivity contribution in [3.05, 3.63) is 12.2 Å². The van der Waals surface area contributed by atoms with Crippen LogP contribution in [0, 0.1) is 29.1 Å². The fourth-order valence-electron chi connectivity index (χ4n) is 3.39. The number of aliphatic carboxylic acids is 1. The van der Waals surface area contributed by atoms with Crippen LogP contribution in [-0.2, 0) is 24.1 Å². The molecule has 0 aromatic rings. The standard InChI is InChI=1S/C18H28O6/c1-4-18(2,3)17(21)22-9-10-23-24-11-14-12-5-7-13(8-6-12)15(14)16(19)20/h5,7,12-15H,4,6,8-11H2,1-3H3,(H,19,20). The third-order valence-electron chi connectivity index (χ3n) is 5.38. The van der Waals surface area contributed by atoms with E-state index in [9.17, 15) is 14.7 Å². The van der Waals surface area contributed by atoms with Gasteiger partial charge in [0.25, 0.3) is 0 Å². The zero-order valence-corrected chi connectivity index (χ0v) is 14.7. The molecule has 4 unspecified atom stereocenters. The maximum atomic E-state index is 11.8. The molecule has 0 saturated heterocycles. The van der Waals surface area contributed by atoms with Crippen molar-refractivity contribution < 1.29 is 29.2 Å². The number of carbonyl (C=O) groups is 2. The Morgan fingerprint density at radius 2 is 1.79 bits per heavy atom. The second kappa shape index (κ2) is 8.12. The molecule has 0 aliphatic heterocycles. The first kappa shape index (κ1) is 18.9. The van der Waals surface area contributed by atoms with Gasteiger partial charge in [0.15, 0.2) is 0 Å². The smallest absolute Gasteiger partial charge is 0.311 e. The molecule has 0 radical (unpaired) electrons. The summed E-state index contributed by atoms with van der Waals surface area (Å²) in [6, 6.07) is 0. The van der Waals surface area contributed by atoms with Crippen molar-refractivity contribution in [1.29, 1.82) is 0 Å². The summed E-state index contributed by atoms with van der Waals surface area (Å²) in [6.45, 7) is 6.12. The van der Waals surface area contributed by atoms with Crippen molar-refractivity contribution in [3.63, 3.8) is 0 Å². The van der Waals surface area contributed by atoms with Crippen molar-refractivity contribution in [1.82, 2.24) is 0 Å². The van der Waals surface area contributed by atoms with E-state index in [0.29, 0.717) is 6.42 Å². The SMILES string of the molecule is CCC(C)(C)C(=O)OCCOOCC1C2C=CC(CC2)C1C(=O)O. The zero-order valence-electron chi connectivity index (χ0n) is 14.7. The van der Waals surface area contributed by atoms with Gasteiger partial charge in [-0.1, -0.05) is 19.1 Å². The van der Waals surface area contributed by atoms with Gasteiger partial charge < -0.3 is 9.84 Å². The molecule has 6 heteroatoms. The molecule has 24 heavy (non-hydrogen) atoms. The number of allylic oxidation sites excluding steroid dienone is 2. The Morgan fingerprint density at radius 3 is 2.38 bits per heavy atom. The number of hydrogen-bond donors (Lipinski definition) is 1. The molecule has 0 amide bonds. The average Bonchev–Trinajstić information content (AvgIpc) is 2.58. The first-order chi connectivity index (χ1) is 11.4. The van der Waals surface area contributed by atoms with Crippen molar-refractivity contribution in [2.45, 2.75) is 40.0 Å². The van der Waals surface area contributed by atoms with Crippen LogP contribution in [0.25, 0.3) is 0 Å². The highest BCUT2D eigenvalue weighted by atomic mass is 17.2. The van der Waals surface area contributed by atoms with Crippen molar-refractivity contribution in [2.75, 3.05) is 19.8 Å². The average molecular weight is 340 g/mol. The number of carbonyl (C=O) groups excluding carboxylic acids is 1. The van der Waals surface area contributed by atoms with E-state index in [4.69, 9.17) is 14.5 Å². The maximum absolute atomic E-state index is 11.8. The Hall–Kier alpha value is -1.40. The number of ether oxygens (including phenoxy) is 1. The van der Waals surface area contributed by atoms with Crippen molar-refractivity contribution in [2.24, 2.45) is 29.1 Å². The van der Waals surface area contributed by atoms with Gasteiger partial charge in [-0.2, -0.15) is 0 Å². The molecule has 0 aromatic heterocycles. The Labute approximate surface area is 143 Å². The quantitative estimate of drug-likeness (QED) is 0.228. The van der Waals surface area contributed by atoms with Crippen molar-refractivity contribution in [3.8, 4) is 0 Å². The molecule has 4 atom stereocenters. The van der Waals surface area contributed by atoms with E-state index >= 15 is 0 Å². The molecule has 1 saturated carbocycles. The minimum atomic E-state index is -0.765. The van der Waals surface area contributed by atoms with E-state index < -0.39 is 17.3 Å². The van der Waals surface area contributed by atoms with Crippen LogP contribution in [0.5, 0.6) is 0 Å². The van der Waals surface area contributed by atoms with Gasteiger partial charge >= 0.3 is 11.9 Å². The van der Waals surface area contributed by atoms with E-state index in [1.807, 2.05) is 26.8 Å². The lowest BCUT2D eigenvalue weighted by molar-refractivity contribution is -0.310. The number of rotatable bonds is 9. The predicted octanol–water partition coefficient (Wildman–Crippen LogP) is 2.83. The molecule has 3 rings (SSSR count). The second-order valence-electron chi connectivity index (χ2n) is 7.30. The van der Waals surface area contributed by atoms with Crippen LogP contribution in [0.1, 0.15) is 40.0 Å². The summed E-state index contributed by atoms with van der Waals surface area (Å²) in [4.78, 5) is 33.6. The van der Waals surface area contributed by atoms with E-state index in [-0.39, 0.29) is 43.5 Å². The monoisotopic (exact) mass is 340 g/mol. The Bertz CT molecular complexity index is 484. The molecule has 3 aliphatic rings. The highest BCUT2D eigenvalue weighted by Gasteiger charge is 2.44. The molecule has 136 valence electrons. The summed E-state index contributed by atoms with van der Waals surface area (Å²) < 4.78 is 5.15. The lowest BCUT2D eigenvalue weighted by Crippen LogP contribution is -2.43. The van der Waals surface area contributed by atoms with Gasteiger partial charge in [0, 0.05) is 5.92 Å². The fraction of sp³-hybridized carbons (Fsp3) is 0.778. The van der Waals surface area contributed by atoms with Crippen LogP contribution >= 0.6 is 0 Å². The van der Waals surface area contributed by atoms with Gasteiger partial charge in [-0.05, 0) is 44.9 Å². The lowest BCUT2D eigenvalue weighted by Gasteiger charge is -2.42. The maximum Gasteiger partial charge on any atom is 0.311 e. The second-order valence-corrected chi connectivity index (χ2v) is 7.30. The van der Waals surface area contributed by atoms with Gasteiger partial charge in [-0.25, -0.2) is 9.78 Å². The number of hydrogen-bond acceptors (Lipinski definition) is 5. The Balaban J connectivity index is 1.68. The zero-order chi connectivity index (χ0) is 17.7. The molecule has 0 aromatic carbocycles. The fourth-order valence-corrected chi connectivity index (χ4v) is 3.39. The third kappa shape index (κ3) is 4.36. The molecule has 0 heterocycles. The van der Waals surface area contributed by atoms with Gasteiger partial charge in [0.2, 0.25) is 0 Å². The molecule has 0 spiro atoms. The van der Waals surface area contributed by atoms with Crippen LogP contribution in [0.2, 0.25) is 0 Å². The van der Waals surface area contributed by atoms with Gasteiger partial charge in [-0.3, -0.25) is 9.59 Å². The lowest BCUT2D eigenvalue weighted by atomic mass is 9.62. The molecule has 2 bridgehead atoms. The predicted molar refractivity (Wildman–Crippen MR) is 86.9 cm³/mol. The summed E-state index contributed by atoms with van der Waals surface area (Å²) in [7, 11) is 0. The summed E-state index contributed by atoms with van der Waals surface area (Å²) in [5.74, 6) is -1.15. The minimum Gasteiger partial charge on any atom is -0.481 e. The molecule has 1 fully saturated rings. The number of carboxylic acids is 1. The van der Waals surface area contributed by atoms with Crippen LogP contribution in [-0.4, -0.2) is 36.9 Å². The topological polar surface area (TPSA) is 82.1 Å². The van der Waals surface area contributed by atoms with Crippen LogP contribution in [0.3, 0.4) is 0 Å². The molecular weight excluding hydrogens is 312 g/mol. The van der Waals surface area contributed by atoms with E-state index in [0.717, 1.165) is 12.8 Å². The van der Waals surface area contributed by atoms with Crippen molar-refractivity contribution >= 4 is 11.9 Å². The molecule has 1 N–H and O–H groups in total. The Morgan fingerprint density at radius 1 is 1.12 bits per heavy atom. The molecular formula is C18H28O6. The molecule has 6 nitrogen and oxygen atoms in total. The van der Waals surface area contributed by atoms with Crippen LogP contribution in [0.15, 0.2) is 12.2 Å². The summed E-state index contributed by atoms with van der Waals surface area (Å²) in [5.41, 5.74) is -0.497. The summed E-state index contributed by atoms with van der Waals surface area (Å²) in [6.07, 6.45) is 6.77. The van der Waals surface area contributed by atoms with Crippen LogP contribution < -0.4 is 0 Å². The first-order valence-electron chi connectivity index (χ1n) is 8.69. The van der Waals surface area contributed by atoms with Gasteiger partial charge in [0.1, 0.15) is 13.2 Å². The summed E-state index contributed by atoms with van der Waals surface area (Å²) in [5, 5.41) is 9.44. The largest absolute Gasteiger partial charge is 0.481 e. The number of carboxylic acid groups (broad SMARTS) is 1.